The van der Waals surface area contributed by atoms with Gasteiger partial charge in [-0.25, -0.2) is 0 Å². The van der Waals surface area contributed by atoms with E-state index < -0.39 is 5.54 Å². The van der Waals surface area contributed by atoms with Gasteiger partial charge in [0.15, 0.2) is 0 Å². The Balaban J connectivity index is 1.43. The molecule has 0 bridgehead atoms. The van der Waals surface area contributed by atoms with Gasteiger partial charge in [-0.15, -0.1) is 0 Å². The predicted octanol–water partition coefficient (Wildman–Crippen LogP) is 0.385. The molecule has 146 valence electrons. The third kappa shape index (κ3) is 3.49. The van der Waals surface area contributed by atoms with E-state index in [4.69, 9.17) is 9.47 Å². The first-order chi connectivity index (χ1) is 12.7. The van der Waals surface area contributed by atoms with Gasteiger partial charge in [-0.2, -0.15) is 0 Å². The van der Waals surface area contributed by atoms with Crippen LogP contribution in [0.4, 0.5) is 0 Å². The molecule has 7 nitrogen and oxygen atoms in total. The molecule has 0 spiro atoms. The van der Waals surface area contributed by atoms with E-state index in [0.717, 1.165) is 51.6 Å². The lowest BCUT2D eigenvalue weighted by atomic mass is 9.84. The minimum absolute atomic E-state index is 0.0623. The monoisotopic (exact) mass is 365 g/mol. The SMILES string of the molecule is O=C(N[C@@H]1CN2CCCC[C@@]2(C(=O)N2CCOCC2)C1)C1CCOCC1. The third-order valence-electron chi connectivity index (χ3n) is 6.53. The van der Waals surface area contributed by atoms with E-state index >= 15 is 0 Å². The number of fused-ring (bicyclic) bond motifs is 1. The van der Waals surface area contributed by atoms with Gasteiger partial charge >= 0.3 is 0 Å². The van der Waals surface area contributed by atoms with Gasteiger partial charge in [0.1, 0.15) is 5.54 Å². The van der Waals surface area contributed by atoms with Crippen LogP contribution < -0.4 is 5.32 Å². The van der Waals surface area contributed by atoms with Crippen LogP contribution >= 0.6 is 0 Å². The Labute approximate surface area is 155 Å². The number of piperidine rings is 1. The first kappa shape index (κ1) is 18.2. The summed E-state index contributed by atoms with van der Waals surface area (Å²) in [6.07, 6.45) is 5.50. The van der Waals surface area contributed by atoms with Crippen LogP contribution in [0.15, 0.2) is 0 Å². The Bertz CT molecular complexity index is 531. The molecule has 4 aliphatic rings. The average molecular weight is 365 g/mol. The molecule has 0 aromatic heterocycles. The van der Waals surface area contributed by atoms with Gasteiger partial charge in [0.2, 0.25) is 11.8 Å². The molecule has 0 aliphatic carbocycles. The van der Waals surface area contributed by atoms with Crippen LogP contribution in [0.1, 0.15) is 38.5 Å². The Morgan fingerprint density at radius 1 is 0.962 bits per heavy atom. The summed E-state index contributed by atoms with van der Waals surface area (Å²) in [5.74, 6) is 0.461. The molecule has 4 fully saturated rings. The zero-order chi connectivity index (χ0) is 18.0. The lowest BCUT2D eigenvalue weighted by Gasteiger charge is -2.44. The fraction of sp³-hybridized carbons (Fsp3) is 0.895. The van der Waals surface area contributed by atoms with Crippen molar-refractivity contribution in [2.24, 2.45) is 5.92 Å². The van der Waals surface area contributed by atoms with Crippen molar-refractivity contribution in [3.05, 3.63) is 0 Å². The fourth-order valence-electron chi connectivity index (χ4n) is 5.09. The number of rotatable bonds is 3. The van der Waals surface area contributed by atoms with Gasteiger partial charge in [-0.05, 0) is 45.1 Å². The van der Waals surface area contributed by atoms with E-state index in [9.17, 15) is 9.59 Å². The topological polar surface area (TPSA) is 71.1 Å². The molecule has 2 amide bonds. The largest absolute Gasteiger partial charge is 0.381 e. The fourth-order valence-corrected chi connectivity index (χ4v) is 5.09. The third-order valence-corrected chi connectivity index (χ3v) is 6.53. The first-order valence-electron chi connectivity index (χ1n) is 10.2. The van der Waals surface area contributed by atoms with E-state index in [2.05, 4.69) is 10.2 Å². The molecule has 1 N–H and O–H groups in total. The van der Waals surface area contributed by atoms with Gasteiger partial charge in [0.25, 0.3) is 0 Å². The van der Waals surface area contributed by atoms with Crippen LogP contribution in [0.5, 0.6) is 0 Å². The van der Waals surface area contributed by atoms with E-state index in [1.807, 2.05) is 4.90 Å². The molecule has 4 rings (SSSR count). The quantitative estimate of drug-likeness (QED) is 0.783. The summed E-state index contributed by atoms with van der Waals surface area (Å²) in [4.78, 5) is 30.4. The van der Waals surface area contributed by atoms with Crippen molar-refractivity contribution < 1.29 is 19.1 Å². The molecule has 2 atom stereocenters. The minimum Gasteiger partial charge on any atom is -0.381 e. The number of carbonyl (C=O) groups is 2. The Hall–Kier alpha value is -1.18. The summed E-state index contributed by atoms with van der Waals surface area (Å²) < 4.78 is 10.8. The number of nitrogens with zero attached hydrogens (tertiary/aromatic N) is 2. The molecule has 0 saturated carbocycles. The number of morpholine rings is 1. The number of amides is 2. The van der Waals surface area contributed by atoms with Crippen LogP contribution in [0.3, 0.4) is 0 Å². The van der Waals surface area contributed by atoms with Gasteiger partial charge in [-0.1, -0.05) is 0 Å². The highest BCUT2D eigenvalue weighted by molar-refractivity contribution is 5.87. The second-order valence-corrected chi connectivity index (χ2v) is 8.14. The van der Waals surface area contributed by atoms with Crippen molar-refractivity contribution in [3.8, 4) is 0 Å². The highest BCUT2D eigenvalue weighted by atomic mass is 16.5. The van der Waals surface area contributed by atoms with Crippen LogP contribution in [0.2, 0.25) is 0 Å². The molecule has 4 aliphatic heterocycles. The summed E-state index contributed by atoms with van der Waals surface area (Å²) >= 11 is 0. The lowest BCUT2D eigenvalue weighted by molar-refractivity contribution is -0.149. The maximum Gasteiger partial charge on any atom is 0.243 e. The molecule has 0 unspecified atom stereocenters. The highest BCUT2D eigenvalue weighted by Crippen LogP contribution is 2.39. The molecular formula is C19H31N3O4. The summed E-state index contributed by atoms with van der Waals surface area (Å²) in [5, 5.41) is 3.26. The van der Waals surface area contributed by atoms with Crippen molar-refractivity contribution in [1.82, 2.24) is 15.1 Å². The number of hydrogen-bond donors (Lipinski definition) is 1. The Morgan fingerprint density at radius 3 is 2.46 bits per heavy atom. The van der Waals surface area contributed by atoms with Crippen molar-refractivity contribution >= 4 is 11.8 Å². The van der Waals surface area contributed by atoms with Gasteiger partial charge in [0.05, 0.1) is 13.2 Å². The standard InChI is InChI=1S/C19H31N3O4/c23-17(15-3-9-25-10-4-15)20-16-13-19(5-1-2-6-22(19)14-16)18(24)21-7-11-26-12-8-21/h15-16H,1-14H2,(H,20,23)/t16-,19-/m0/s1. The average Bonchev–Trinajstić information content (AvgIpc) is 3.07. The number of hydrogen-bond acceptors (Lipinski definition) is 5. The maximum atomic E-state index is 13.4. The number of carbonyl (C=O) groups excluding carboxylic acids is 2. The zero-order valence-corrected chi connectivity index (χ0v) is 15.6. The molecule has 7 heteroatoms. The van der Waals surface area contributed by atoms with Crippen molar-refractivity contribution in [2.75, 3.05) is 52.6 Å². The van der Waals surface area contributed by atoms with Crippen LogP contribution in [-0.4, -0.2) is 85.8 Å². The summed E-state index contributed by atoms with van der Waals surface area (Å²) in [6, 6.07) is 0.0773. The highest BCUT2D eigenvalue weighted by Gasteiger charge is 2.53. The molecular weight excluding hydrogens is 334 g/mol. The van der Waals surface area contributed by atoms with Gasteiger partial charge in [0, 0.05) is 44.8 Å². The molecule has 26 heavy (non-hydrogen) atoms. The van der Waals surface area contributed by atoms with Crippen LogP contribution in [-0.2, 0) is 19.1 Å². The second-order valence-electron chi connectivity index (χ2n) is 8.14. The molecule has 4 saturated heterocycles. The van der Waals surface area contributed by atoms with Crippen molar-refractivity contribution in [3.63, 3.8) is 0 Å². The normalized spacial score (nSPS) is 33.7. The zero-order valence-electron chi connectivity index (χ0n) is 15.6. The lowest BCUT2D eigenvalue weighted by Crippen LogP contribution is -2.60. The maximum absolute atomic E-state index is 13.4. The van der Waals surface area contributed by atoms with E-state index in [1.54, 1.807) is 0 Å². The molecule has 4 heterocycles. The predicted molar refractivity (Wildman–Crippen MR) is 95.6 cm³/mol. The molecule has 0 aromatic rings. The Morgan fingerprint density at radius 2 is 1.69 bits per heavy atom. The van der Waals surface area contributed by atoms with Crippen molar-refractivity contribution in [2.45, 2.75) is 50.1 Å². The summed E-state index contributed by atoms with van der Waals surface area (Å²) in [7, 11) is 0. The minimum atomic E-state index is -0.413. The molecule has 0 aromatic carbocycles. The molecule has 0 radical (unpaired) electrons. The summed E-state index contributed by atoms with van der Waals surface area (Å²) in [6.45, 7) is 5.74. The van der Waals surface area contributed by atoms with Crippen LogP contribution in [0, 0.1) is 5.92 Å². The second kappa shape index (κ2) is 7.82. The van der Waals surface area contributed by atoms with E-state index in [-0.39, 0.29) is 23.8 Å². The number of nitrogens with one attached hydrogen (secondary N) is 1. The van der Waals surface area contributed by atoms with Crippen LogP contribution in [0.25, 0.3) is 0 Å². The van der Waals surface area contributed by atoms with Crippen molar-refractivity contribution in [1.29, 1.82) is 0 Å². The Kier molecular flexibility index (Phi) is 5.47. The van der Waals surface area contributed by atoms with Gasteiger partial charge in [-0.3, -0.25) is 14.5 Å². The first-order valence-corrected chi connectivity index (χ1v) is 10.2. The van der Waals surface area contributed by atoms with Gasteiger partial charge < -0.3 is 19.7 Å². The number of ether oxygens (including phenoxy) is 2. The summed E-state index contributed by atoms with van der Waals surface area (Å²) in [5.41, 5.74) is -0.413. The van der Waals surface area contributed by atoms with E-state index in [1.165, 1.54) is 0 Å². The smallest absolute Gasteiger partial charge is 0.243 e. The van der Waals surface area contributed by atoms with E-state index in [0.29, 0.717) is 39.5 Å².